The quantitative estimate of drug-likeness (QED) is 0.739. The Bertz CT molecular complexity index is 1010. The minimum atomic E-state index is -0.300. The number of aromatic amines is 1. The average molecular weight is 368 g/mol. The molecular formula is C21H28N4O2. The van der Waals surface area contributed by atoms with Gasteiger partial charge in [0.25, 0.3) is 5.56 Å². The predicted molar refractivity (Wildman–Crippen MR) is 107 cm³/mol. The van der Waals surface area contributed by atoms with Crippen LogP contribution in [0, 0.1) is 12.8 Å². The molecule has 0 saturated carbocycles. The highest BCUT2D eigenvalue weighted by Gasteiger charge is 2.25. The third-order valence-electron chi connectivity index (χ3n) is 4.92. The monoisotopic (exact) mass is 368 g/mol. The average Bonchev–Trinajstić information content (AvgIpc) is 2.93. The number of hydrogen-bond acceptors (Lipinski definition) is 4. The SMILES string of the molecule is Cc1nc2c(c(CO)nn2C(c2ccc(C(C)(C)C)cc2)C(C)C)c(=O)[nH]1. The molecule has 2 N–H and O–H groups in total. The van der Waals surface area contributed by atoms with E-state index >= 15 is 0 Å². The summed E-state index contributed by atoms with van der Waals surface area (Å²) in [6, 6.07) is 8.45. The molecule has 0 aliphatic heterocycles. The van der Waals surface area contributed by atoms with Crippen LogP contribution in [-0.4, -0.2) is 24.9 Å². The van der Waals surface area contributed by atoms with E-state index in [-0.39, 0.29) is 29.5 Å². The molecule has 3 rings (SSSR count). The van der Waals surface area contributed by atoms with Crippen LogP contribution in [0.3, 0.4) is 0 Å². The van der Waals surface area contributed by atoms with Crippen molar-refractivity contribution in [3.05, 3.63) is 57.3 Å². The molecule has 0 aliphatic carbocycles. The molecule has 0 spiro atoms. The van der Waals surface area contributed by atoms with E-state index < -0.39 is 0 Å². The van der Waals surface area contributed by atoms with E-state index in [1.165, 1.54) is 5.56 Å². The largest absolute Gasteiger partial charge is 0.390 e. The first kappa shape index (κ1) is 19.3. The number of aliphatic hydroxyl groups excluding tert-OH is 1. The van der Waals surface area contributed by atoms with Crippen molar-refractivity contribution in [3.8, 4) is 0 Å². The van der Waals surface area contributed by atoms with Crippen molar-refractivity contribution in [2.24, 2.45) is 5.92 Å². The molecule has 0 saturated heterocycles. The van der Waals surface area contributed by atoms with Gasteiger partial charge in [0.1, 0.15) is 16.9 Å². The van der Waals surface area contributed by atoms with Crippen molar-refractivity contribution in [1.82, 2.24) is 19.7 Å². The normalized spacial score (nSPS) is 13.5. The summed E-state index contributed by atoms with van der Waals surface area (Å²) >= 11 is 0. The van der Waals surface area contributed by atoms with Gasteiger partial charge in [0.15, 0.2) is 5.65 Å². The van der Waals surface area contributed by atoms with E-state index in [4.69, 9.17) is 0 Å². The zero-order valence-corrected chi connectivity index (χ0v) is 16.9. The van der Waals surface area contributed by atoms with Gasteiger partial charge >= 0.3 is 0 Å². The molecule has 3 aromatic rings. The molecule has 144 valence electrons. The highest BCUT2D eigenvalue weighted by Crippen LogP contribution is 2.31. The molecule has 6 heteroatoms. The smallest absolute Gasteiger partial charge is 0.262 e. The highest BCUT2D eigenvalue weighted by atomic mass is 16.3. The fourth-order valence-corrected chi connectivity index (χ4v) is 3.52. The van der Waals surface area contributed by atoms with Crippen LogP contribution in [-0.2, 0) is 12.0 Å². The Kier molecular flexibility index (Phi) is 4.95. The first-order valence-corrected chi connectivity index (χ1v) is 9.32. The number of H-pyrrole nitrogens is 1. The summed E-state index contributed by atoms with van der Waals surface area (Å²) in [6.45, 7) is 12.3. The van der Waals surface area contributed by atoms with Gasteiger partial charge in [0, 0.05) is 0 Å². The van der Waals surface area contributed by atoms with Crippen LogP contribution < -0.4 is 5.56 Å². The molecule has 1 atom stereocenters. The van der Waals surface area contributed by atoms with E-state index in [0.717, 1.165) is 5.56 Å². The molecule has 0 amide bonds. The lowest BCUT2D eigenvalue weighted by Gasteiger charge is -2.24. The number of aryl methyl sites for hydroxylation is 1. The summed E-state index contributed by atoms with van der Waals surface area (Å²) in [5.74, 6) is 0.755. The lowest BCUT2D eigenvalue weighted by Crippen LogP contribution is -2.20. The maximum Gasteiger partial charge on any atom is 0.262 e. The third kappa shape index (κ3) is 3.54. The van der Waals surface area contributed by atoms with Crippen molar-refractivity contribution in [2.75, 3.05) is 0 Å². The fraction of sp³-hybridized carbons (Fsp3) is 0.476. The first-order valence-electron chi connectivity index (χ1n) is 9.32. The van der Waals surface area contributed by atoms with E-state index in [1.807, 2.05) is 0 Å². The second kappa shape index (κ2) is 6.93. The van der Waals surface area contributed by atoms with Crippen LogP contribution in [0.2, 0.25) is 0 Å². The second-order valence-corrected chi connectivity index (χ2v) is 8.46. The molecule has 1 unspecified atom stereocenters. The van der Waals surface area contributed by atoms with E-state index in [0.29, 0.717) is 22.6 Å². The number of nitrogens with zero attached hydrogens (tertiary/aromatic N) is 3. The van der Waals surface area contributed by atoms with Gasteiger partial charge in [-0.05, 0) is 29.4 Å². The summed E-state index contributed by atoms with van der Waals surface area (Å²) in [5.41, 5.74) is 3.06. The molecule has 0 bridgehead atoms. The van der Waals surface area contributed by atoms with Crippen molar-refractivity contribution in [1.29, 1.82) is 0 Å². The van der Waals surface area contributed by atoms with Gasteiger partial charge in [0.2, 0.25) is 0 Å². The minimum Gasteiger partial charge on any atom is -0.390 e. The minimum absolute atomic E-state index is 0.0836. The Balaban J connectivity index is 2.21. The third-order valence-corrected chi connectivity index (χ3v) is 4.92. The molecule has 2 aromatic heterocycles. The fourth-order valence-electron chi connectivity index (χ4n) is 3.52. The van der Waals surface area contributed by atoms with Gasteiger partial charge in [-0.1, -0.05) is 58.9 Å². The predicted octanol–water partition coefficient (Wildman–Crippen LogP) is 3.46. The highest BCUT2D eigenvalue weighted by molar-refractivity contribution is 5.77. The number of fused-ring (bicyclic) bond motifs is 1. The first-order chi connectivity index (χ1) is 12.6. The number of aliphatic hydroxyl groups is 1. The van der Waals surface area contributed by atoms with Crippen molar-refractivity contribution in [2.45, 2.75) is 59.6 Å². The number of rotatable bonds is 4. The summed E-state index contributed by atoms with van der Waals surface area (Å²) in [5, 5.41) is 14.6. The van der Waals surface area contributed by atoms with Crippen LogP contribution in [0.15, 0.2) is 29.1 Å². The van der Waals surface area contributed by atoms with Crippen LogP contribution in [0.4, 0.5) is 0 Å². The zero-order chi connectivity index (χ0) is 19.9. The summed E-state index contributed by atoms with van der Waals surface area (Å²) < 4.78 is 1.79. The molecule has 0 aliphatic rings. The molecule has 0 fully saturated rings. The van der Waals surface area contributed by atoms with Crippen molar-refractivity contribution < 1.29 is 5.11 Å². The molecule has 1 aromatic carbocycles. The lowest BCUT2D eigenvalue weighted by molar-refractivity contribution is 0.274. The Labute approximate surface area is 159 Å². The van der Waals surface area contributed by atoms with Crippen LogP contribution in [0.1, 0.15) is 63.3 Å². The van der Waals surface area contributed by atoms with Gasteiger partial charge in [-0.2, -0.15) is 5.10 Å². The summed E-state index contributed by atoms with van der Waals surface area (Å²) in [6.07, 6.45) is 0. The summed E-state index contributed by atoms with van der Waals surface area (Å²) in [4.78, 5) is 19.6. The second-order valence-electron chi connectivity index (χ2n) is 8.46. The van der Waals surface area contributed by atoms with Crippen molar-refractivity contribution >= 4 is 11.0 Å². The maximum atomic E-state index is 12.4. The van der Waals surface area contributed by atoms with Crippen LogP contribution in [0.25, 0.3) is 11.0 Å². The van der Waals surface area contributed by atoms with Gasteiger partial charge in [-0.25, -0.2) is 9.67 Å². The van der Waals surface area contributed by atoms with Gasteiger partial charge in [-0.15, -0.1) is 0 Å². The van der Waals surface area contributed by atoms with E-state index in [9.17, 15) is 9.90 Å². The number of hydrogen-bond donors (Lipinski definition) is 2. The Morgan fingerprint density at radius 1 is 1.19 bits per heavy atom. The Hall–Kier alpha value is -2.47. The van der Waals surface area contributed by atoms with Gasteiger partial charge in [-0.3, -0.25) is 4.79 Å². The molecule has 6 nitrogen and oxygen atoms in total. The van der Waals surface area contributed by atoms with E-state index in [2.05, 4.69) is 74.0 Å². The lowest BCUT2D eigenvalue weighted by atomic mass is 9.85. The standard InChI is InChI=1S/C21H28N4O2/c1-12(2)18(14-7-9-15(10-8-14)21(4,5)6)25-19-17(16(11-26)24-25)20(27)23-13(3)22-19/h7-10,12,18,26H,11H2,1-6H3,(H,22,23,27). The molecule has 2 heterocycles. The van der Waals surface area contributed by atoms with Crippen LogP contribution >= 0.6 is 0 Å². The van der Waals surface area contributed by atoms with Gasteiger partial charge in [0.05, 0.1) is 12.6 Å². The molecule has 0 radical (unpaired) electrons. The Morgan fingerprint density at radius 3 is 2.33 bits per heavy atom. The summed E-state index contributed by atoms with van der Waals surface area (Å²) in [7, 11) is 0. The number of nitrogens with one attached hydrogen (secondary N) is 1. The van der Waals surface area contributed by atoms with E-state index in [1.54, 1.807) is 11.6 Å². The van der Waals surface area contributed by atoms with Gasteiger partial charge < -0.3 is 10.1 Å². The molecular weight excluding hydrogens is 340 g/mol. The maximum absolute atomic E-state index is 12.4. The number of benzene rings is 1. The number of aromatic nitrogens is 4. The van der Waals surface area contributed by atoms with Crippen molar-refractivity contribution in [3.63, 3.8) is 0 Å². The zero-order valence-electron chi connectivity index (χ0n) is 16.9. The topological polar surface area (TPSA) is 83.8 Å². The Morgan fingerprint density at radius 2 is 1.81 bits per heavy atom. The van der Waals surface area contributed by atoms with Crippen LogP contribution in [0.5, 0.6) is 0 Å². The molecule has 27 heavy (non-hydrogen) atoms.